The lowest BCUT2D eigenvalue weighted by Gasteiger charge is -2.01. The first kappa shape index (κ1) is 10.7. The lowest BCUT2D eigenvalue weighted by molar-refractivity contribution is 0.0981. The van der Waals surface area contributed by atoms with Gasteiger partial charge in [0.1, 0.15) is 0 Å². The maximum atomic E-state index is 11.2. The number of rotatable bonds is 2. The Hall–Kier alpha value is -1.40. The number of nitrogens with two attached hydrogens (primary N) is 1. The molecule has 1 amide bonds. The van der Waals surface area contributed by atoms with Crippen LogP contribution in [0.2, 0.25) is 0 Å². The summed E-state index contributed by atoms with van der Waals surface area (Å²) >= 11 is 0. The number of aryl methyl sites for hydroxylation is 1. The van der Waals surface area contributed by atoms with Crippen LogP contribution in [0.5, 0.6) is 0 Å². The summed E-state index contributed by atoms with van der Waals surface area (Å²) in [6.45, 7) is 1.86. The molecule has 76 valence electrons. The molecule has 0 spiro atoms. The average molecular weight is 214 g/mol. The second kappa shape index (κ2) is 3.77. The summed E-state index contributed by atoms with van der Waals surface area (Å²) in [7, 11) is -3.98. The molecule has 0 aliphatic rings. The zero-order chi connectivity index (χ0) is 10.8. The molecule has 0 bridgehead atoms. The highest BCUT2D eigenvalue weighted by molar-refractivity contribution is 7.87. The SMILES string of the molecule is Cc1ccc(C(=O)NS(N)(=O)=O)cc1. The Morgan fingerprint density at radius 3 is 2.21 bits per heavy atom. The van der Waals surface area contributed by atoms with Crippen LogP contribution in [0.25, 0.3) is 0 Å². The number of carbonyl (C=O) groups is 1. The van der Waals surface area contributed by atoms with Crippen molar-refractivity contribution in [3.63, 3.8) is 0 Å². The lowest BCUT2D eigenvalue weighted by atomic mass is 10.1. The van der Waals surface area contributed by atoms with Gasteiger partial charge in [-0.15, -0.1) is 0 Å². The largest absolute Gasteiger partial charge is 0.298 e. The van der Waals surface area contributed by atoms with E-state index >= 15 is 0 Å². The molecule has 1 aromatic rings. The second-order valence-electron chi connectivity index (χ2n) is 2.84. The summed E-state index contributed by atoms with van der Waals surface area (Å²) in [6, 6.07) is 6.46. The fraction of sp³-hybridized carbons (Fsp3) is 0.125. The van der Waals surface area contributed by atoms with E-state index in [0.29, 0.717) is 0 Å². The van der Waals surface area contributed by atoms with Crippen molar-refractivity contribution in [2.45, 2.75) is 6.92 Å². The first-order valence-electron chi connectivity index (χ1n) is 3.80. The highest BCUT2D eigenvalue weighted by Gasteiger charge is 2.10. The lowest BCUT2D eigenvalue weighted by Crippen LogP contribution is -2.35. The standard InChI is InChI=1S/C8H10N2O3S/c1-6-2-4-7(5-3-6)8(11)10-14(9,12)13/h2-5H,1H3,(H,10,11)(H2,9,12,13). The van der Waals surface area contributed by atoms with Gasteiger partial charge in [0.05, 0.1) is 0 Å². The number of amides is 1. The molecular formula is C8H10N2O3S. The first-order valence-corrected chi connectivity index (χ1v) is 5.34. The fourth-order valence-corrected chi connectivity index (χ4v) is 1.27. The third-order valence-corrected chi connectivity index (χ3v) is 2.02. The summed E-state index contributed by atoms with van der Waals surface area (Å²) in [5, 5.41) is 4.64. The third-order valence-electron chi connectivity index (χ3n) is 1.55. The fourth-order valence-electron chi connectivity index (χ4n) is 0.893. The van der Waals surface area contributed by atoms with Gasteiger partial charge in [-0.1, -0.05) is 17.7 Å². The van der Waals surface area contributed by atoms with Crippen molar-refractivity contribution < 1.29 is 13.2 Å². The first-order chi connectivity index (χ1) is 6.38. The van der Waals surface area contributed by atoms with E-state index in [1.807, 2.05) is 6.92 Å². The van der Waals surface area contributed by atoms with Crippen molar-refractivity contribution in [2.24, 2.45) is 5.14 Å². The minimum absolute atomic E-state index is 0.254. The van der Waals surface area contributed by atoms with Crippen molar-refractivity contribution in [1.82, 2.24) is 4.72 Å². The molecule has 0 aromatic heterocycles. The van der Waals surface area contributed by atoms with Crippen LogP contribution in [-0.4, -0.2) is 14.3 Å². The van der Waals surface area contributed by atoms with Gasteiger partial charge in [-0.2, -0.15) is 8.42 Å². The highest BCUT2D eigenvalue weighted by atomic mass is 32.2. The molecule has 0 aliphatic carbocycles. The van der Waals surface area contributed by atoms with Crippen molar-refractivity contribution in [1.29, 1.82) is 0 Å². The summed E-state index contributed by atoms with van der Waals surface area (Å²) in [5.74, 6) is -0.729. The number of benzene rings is 1. The average Bonchev–Trinajstić information content (AvgIpc) is 2.02. The van der Waals surface area contributed by atoms with E-state index in [2.05, 4.69) is 5.14 Å². The quantitative estimate of drug-likeness (QED) is 0.722. The molecule has 0 saturated heterocycles. The van der Waals surface area contributed by atoms with E-state index in [1.54, 1.807) is 16.9 Å². The molecule has 1 rings (SSSR count). The van der Waals surface area contributed by atoms with E-state index in [-0.39, 0.29) is 5.56 Å². The van der Waals surface area contributed by atoms with Gasteiger partial charge in [-0.05, 0) is 19.1 Å². The number of nitrogens with one attached hydrogen (secondary N) is 1. The smallest absolute Gasteiger partial charge is 0.268 e. The Labute approximate surface area is 82.1 Å². The Morgan fingerprint density at radius 2 is 1.79 bits per heavy atom. The molecule has 0 heterocycles. The minimum Gasteiger partial charge on any atom is -0.268 e. The van der Waals surface area contributed by atoms with Gasteiger partial charge in [0.15, 0.2) is 0 Å². The maximum absolute atomic E-state index is 11.2. The molecule has 14 heavy (non-hydrogen) atoms. The highest BCUT2D eigenvalue weighted by Crippen LogP contribution is 2.02. The third kappa shape index (κ3) is 3.15. The van der Waals surface area contributed by atoms with Crippen molar-refractivity contribution >= 4 is 16.1 Å². The zero-order valence-electron chi connectivity index (χ0n) is 7.52. The Kier molecular flexibility index (Phi) is 2.87. The predicted molar refractivity (Wildman–Crippen MR) is 51.8 cm³/mol. The summed E-state index contributed by atoms with van der Waals surface area (Å²) in [6.07, 6.45) is 0. The molecular weight excluding hydrogens is 204 g/mol. The molecule has 3 N–H and O–H groups in total. The Bertz CT molecular complexity index is 436. The second-order valence-corrected chi connectivity index (χ2v) is 4.14. The summed E-state index contributed by atoms with van der Waals surface area (Å²) < 4.78 is 22.7. The van der Waals surface area contributed by atoms with Crippen LogP contribution >= 0.6 is 0 Å². The van der Waals surface area contributed by atoms with E-state index in [4.69, 9.17) is 0 Å². The van der Waals surface area contributed by atoms with Crippen molar-refractivity contribution in [3.8, 4) is 0 Å². The summed E-state index contributed by atoms with van der Waals surface area (Å²) in [5.41, 5.74) is 1.24. The van der Waals surface area contributed by atoms with Gasteiger partial charge >= 0.3 is 0 Å². The minimum atomic E-state index is -3.98. The number of hydrogen-bond donors (Lipinski definition) is 2. The molecule has 1 aromatic carbocycles. The van der Waals surface area contributed by atoms with Gasteiger partial charge in [-0.3, -0.25) is 4.79 Å². The van der Waals surface area contributed by atoms with Gasteiger partial charge in [0, 0.05) is 5.56 Å². The topological polar surface area (TPSA) is 89.3 Å². The van der Waals surface area contributed by atoms with Crippen LogP contribution in [0, 0.1) is 6.92 Å². The van der Waals surface area contributed by atoms with Crippen LogP contribution < -0.4 is 9.86 Å². The van der Waals surface area contributed by atoms with E-state index in [1.165, 1.54) is 12.1 Å². The van der Waals surface area contributed by atoms with Crippen LogP contribution in [0.3, 0.4) is 0 Å². The van der Waals surface area contributed by atoms with E-state index in [0.717, 1.165) is 5.56 Å². The maximum Gasteiger partial charge on any atom is 0.298 e. The molecule has 6 heteroatoms. The van der Waals surface area contributed by atoms with Crippen LogP contribution in [0.15, 0.2) is 24.3 Å². The van der Waals surface area contributed by atoms with Gasteiger partial charge < -0.3 is 0 Å². The monoisotopic (exact) mass is 214 g/mol. The van der Waals surface area contributed by atoms with E-state index in [9.17, 15) is 13.2 Å². The Balaban J connectivity index is 2.86. The molecule has 0 atom stereocenters. The predicted octanol–water partition coefficient (Wildman–Crippen LogP) is -0.0717. The summed E-state index contributed by atoms with van der Waals surface area (Å²) in [4.78, 5) is 11.2. The molecule has 0 unspecified atom stereocenters. The molecule has 0 radical (unpaired) electrons. The number of carbonyl (C=O) groups excluding carboxylic acids is 1. The van der Waals surface area contributed by atoms with Crippen LogP contribution in [0.4, 0.5) is 0 Å². The van der Waals surface area contributed by atoms with Gasteiger partial charge in [-0.25, -0.2) is 9.86 Å². The molecule has 5 nitrogen and oxygen atoms in total. The van der Waals surface area contributed by atoms with Crippen LogP contribution in [-0.2, 0) is 10.2 Å². The van der Waals surface area contributed by atoms with Gasteiger partial charge in [0.25, 0.3) is 16.1 Å². The van der Waals surface area contributed by atoms with Gasteiger partial charge in [0.2, 0.25) is 0 Å². The zero-order valence-corrected chi connectivity index (χ0v) is 8.34. The van der Waals surface area contributed by atoms with Crippen molar-refractivity contribution in [2.75, 3.05) is 0 Å². The molecule has 0 aliphatic heterocycles. The Morgan fingerprint density at radius 1 is 1.29 bits per heavy atom. The normalized spacial score (nSPS) is 11.0. The van der Waals surface area contributed by atoms with Crippen molar-refractivity contribution in [3.05, 3.63) is 35.4 Å². The molecule has 0 saturated carbocycles. The van der Waals surface area contributed by atoms with E-state index < -0.39 is 16.1 Å². The van der Waals surface area contributed by atoms with Crippen LogP contribution in [0.1, 0.15) is 15.9 Å². The molecule has 0 fully saturated rings. The number of hydrogen-bond acceptors (Lipinski definition) is 3.